The fraction of sp³-hybridized carbons (Fsp3) is 0.600. The highest BCUT2D eigenvalue weighted by molar-refractivity contribution is 5.27. The SMILES string of the molecule is COc1ccc(CC(F)(F)CN2CCN(C)CC2)cc1. The Kier molecular flexibility index (Phi) is 4.94. The molecule has 0 atom stereocenters. The topological polar surface area (TPSA) is 15.7 Å². The summed E-state index contributed by atoms with van der Waals surface area (Å²) in [7, 11) is 3.59. The van der Waals surface area contributed by atoms with Gasteiger partial charge in [-0.3, -0.25) is 4.90 Å². The first-order chi connectivity index (χ1) is 9.48. The van der Waals surface area contributed by atoms with Gasteiger partial charge in [0.25, 0.3) is 5.92 Å². The summed E-state index contributed by atoms with van der Waals surface area (Å²) < 4.78 is 33.2. The lowest BCUT2D eigenvalue weighted by atomic mass is 10.1. The van der Waals surface area contributed by atoms with Gasteiger partial charge in [0.1, 0.15) is 5.75 Å². The number of alkyl halides is 2. The first-order valence-corrected chi connectivity index (χ1v) is 6.90. The van der Waals surface area contributed by atoms with E-state index in [1.54, 1.807) is 31.4 Å². The smallest absolute Gasteiger partial charge is 0.264 e. The molecule has 0 bridgehead atoms. The van der Waals surface area contributed by atoms with Crippen molar-refractivity contribution in [2.24, 2.45) is 0 Å². The third-order valence-corrected chi connectivity index (χ3v) is 3.67. The van der Waals surface area contributed by atoms with Crippen LogP contribution in [0.5, 0.6) is 5.75 Å². The first-order valence-electron chi connectivity index (χ1n) is 6.90. The third-order valence-electron chi connectivity index (χ3n) is 3.67. The highest BCUT2D eigenvalue weighted by atomic mass is 19.3. The summed E-state index contributed by atoms with van der Waals surface area (Å²) in [5.74, 6) is -2.00. The number of piperazine rings is 1. The molecule has 1 aromatic carbocycles. The van der Waals surface area contributed by atoms with Gasteiger partial charge < -0.3 is 9.64 Å². The minimum Gasteiger partial charge on any atom is -0.497 e. The second-order valence-electron chi connectivity index (χ2n) is 5.46. The van der Waals surface area contributed by atoms with E-state index >= 15 is 0 Å². The average Bonchev–Trinajstić information content (AvgIpc) is 2.41. The van der Waals surface area contributed by atoms with Crippen LogP contribution in [-0.4, -0.2) is 62.6 Å². The van der Waals surface area contributed by atoms with Crippen molar-refractivity contribution in [3.8, 4) is 5.75 Å². The molecule has 1 fully saturated rings. The standard InChI is InChI=1S/C15H22F2N2O/c1-18-7-9-19(10-8-18)12-15(16,17)11-13-3-5-14(20-2)6-4-13/h3-6H,7-12H2,1-2H3. The minimum absolute atomic E-state index is 0.160. The molecular weight excluding hydrogens is 262 g/mol. The van der Waals surface area contributed by atoms with Crippen LogP contribution in [0.15, 0.2) is 24.3 Å². The van der Waals surface area contributed by atoms with Gasteiger partial charge in [-0.15, -0.1) is 0 Å². The summed E-state index contributed by atoms with van der Waals surface area (Å²) in [6.07, 6.45) is -0.219. The molecule has 1 saturated heterocycles. The number of likely N-dealkylation sites (N-methyl/N-ethyl adjacent to an activating group) is 1. The molecule has 0 unspecified atom stereocenters. The second kappa shape index (κ2) is 6.50. The normalized spacial score (nSPS) is 18.2. The zero-order valence-electron chi connectivity index (χ0n) is 12.1. The van der Waals surface area contributed by atoms with Crippen molar-refractivity contribution in [1.82, 2.24) is 9.80 Å². The van der Waals surface area contributed by atoms with E-state index in [1.807, 2.05) is 11.9 Å². The van der Waals surface area contributed by atoms with E-state index < -0.39 is 5.92 Å². The lowest BCUT2D eigenvalue weighted by Crippen LogP contribution is -2.49. The molecule has 0 radical (unpaired) electrons. The summed E-state index contributed by atoms with van der Waals surface area (Å²) >= 11 is 0. The van der Waals surface area contributed by atoms with Gasteiger partial charge in [0.2, 0.25) is 0 Å². The molecule has 5 heteroatoms. The second-order valence-corrected chi connectivity index (χ2v) is 5.46. The molecule has 1 aromatic rings. The van der Waals surface area contributed by atoms with Gasteiger partial charge >= 0.3 is 0 Å². The van der Waals surface area contributed by atoms with Crippen molar-refractivity contribution in [3.63, 3.8) is 0 Å². The van der Waals surface area contributed by atoms with E-state index in [0.717, 1.165) is 13.1 Å². The van der Waals surface area contributed by atoms with Crippen molar-refractivity contribution in [1.29, 1.82) is 0 Å². The maximum Gasteiger partial charge on any atom is 0.264 e. The number of nitrogens with zero attached hydrogens (tertiary/aromatic N) is 2. The average molecular weight is 284 g/mol. The molecule has 0 spiro atoms. The maximum absolute atomic E-state index is 14.1. The van der Waals surface area contributed by atoms with E-state index in [1.165, 1.54) is 0 Å². The van der Waals surface area contributed by atoms with Crippen LogP contribution < -0.4 is 4.74 Å². The molecule has 0 N–H and O–H groups in total. The van der Waals surface area contributed by atoms with Crippen LogP contribution in [0.25, 0.3) is 0 Å². The number of rotatable bonds is 5. The van der Waals surface area contributed by atoms with Crippen molar-refractivity contribution >= 4 is 0 Å². The zero-order chi connectivity index (χ0) is 14.6. The molecule has 20 heavy (non-hydrogen) atoms. The fourth-order valence-corrected chi connectivity index (χ4v) is 2.43. The number of benzene rings is 1. The van der Waals surface area contributed by atoms with Crippen molar-refractivity contribution in [2.45, 2.75) is 12.3 Å². The predicted molar refractivity (Wildman–Crippen MR) is 75.6 cm³/mol. The summed E-state index contributed by atoms with van der Waals surface area (Å²) in [4.78, 5) is 4.02. The largest absolute Gasteiger partial charge is 0.497 e. The molecule has 0 saturated carbocycles. The Morgan fingerprint density at radius 3 is 2.25 bits per heavy atom. The Hall–Kier alpha value is -1.20. The molecule has 0 amide bonds. The Morgan fingerprint density at radius 1 is 1.10 bits per heavy atom. The van der Waals surface area contributed by atoms with Crippen LogP contribution in [0, 0.1) is 0 Å². The molecule has 112 valence electrons. The van der Waals surface area contributed by atoms with Crippen LogP contribution in [0.2, 0.25) is 0 Å². The predicted octanol–water partition coefficient (Wildman–Crippen LogP) is 2.12. The molecule has 2 rings (SSSR count). The summed E-state index contributed by atoms with van der Waals surface area (Å²) in [5, 5.41) is 0. The Balaban J connectivity index is 1.89. The van der Waals surface area contributed by atoms with Gasteiger partial charge in [-0.2, -0.15) is 0 Å². The highest BCUT2D eigenvalue weighted by Crippen LogP contribution is 2.23. The number of ether oxygens (including phenoxy) is 1. The van der Waals surface area contributed by atoms with Gasteiger partial charge in [-0.25, -0.2) is 8.78 Å². The van der Waals surface area contributed by atoms with Crippen molar-refractivity contribution in [3.05, 3.63) is 29.8 Å². The van der Waals surface area contributed by atoms with E-state index in [2.05, 4.69) is 4.90 Å². The molecule has 0 aliphatic carbocycles. The Labute approximate surface area is 119 Å². The van der Waals surface area contributed by atoms with Gasteiger partial charge in [-0.05, 0) is 24.7 Å². The number of hydrogen-bond donors (Lipinski definition) is 0. The monoisotopic (exact) mass is 284 g/mol. The summed E-state index contributed by atoms with van der Waals surface area (Å²) in [5.41, 5.74) is 0.643. The van der Waals surface area contributed by atoms with Crippen LogP contribution >= 0.6 is 0 Å². The van der Waals surface area contributed by atoms with Crippen LogP contribution in [-0.2, 0) is 6.42 Å². The zero-order valence-corrected chi connectivity index (χ0v) is 12.1. The molecule has 1 aliphatic heterocycles. The van der Waals surface area contributed by atoms with Gasteiger partial charge in [0, 0.05) is 32.6 Å². The van der Waals surface area contributed by atoms with Crippen LogP contribution in [0.3, 0.4) is 0 Å². The molecule has 3 nitrogen and oxygen atoms in total. The summed E-state index contributed by atoms with van der Waals surface area (Å²) in [6, 6.07) is 6.86. The van der Waals surface area contributed by atoms with E-state index in [4.69, 9.17) is 4.74 Å². The number of halogens is 2. The number of methoxy groups -OCH3 is 1. The summed E-state index contributed by atoms with van der Waals surface area (Å²) in [6.45, 7) is 2.99. The Bertz CT molecular complexity index is 414. The number of hydrogen-bond acceptors (Lipinski definition) is 3. The van der Waals surface area contributed by atoms with E-state index in [-0.39, 0.29) is 13.0 Å². The quantitative estimate of drug-likeness (QED) is 0.824. The lowest BCUT2D eigenvalue weighted by molar-refractivity contribution is -0.0397. The Morgan fingerprint density at radius 2 is 1.70 bits per heavy atom. The fourth-order valence-electron chi connectivity index (χ4n) is 2.43. The lowest BCUT2D eigenvalue weighted by Gasteiger charge is -2.34. The molecule has 0 aromatic heterocycles. The van der Waals surface area contributed by atoms with Crippen LogP contribution in [0.4, 0.5) is 8.78 Å². The van der Waals surface area contributed by atoms with Gasteiger partial charge in [0.15, 0.2) is 0 Å². The minimum atomic E-state index is -2.69. The van der Waals surface area contributed by atoms with E-state index in [9.17, 15) is 8.78 Å². The van der Waals surface area contributed by atoms with Gasteiger partial charge in [-0.1, -0.05) is 12.1 Å². The molecular formula is C15H22F2N2O. The molecule has 1 aliphatic rings. The van der Waals surface area contributed by atoms with Crippen LogP contribution in [0.1, 0.15) is 5.56 Å². The van der Waals surface area contributed by atoms with Crippen molar-refractivity contribution < 1.29 is 13.5 Å². The molecule has 1 heterocycles. The third kappa shape index (κ3) is 4.42. The maximum atomic E-state index is 14.1. The first kappa shape index (κ1) is 15.2. The van der Waals surface area contributed by atoms with E-state index in [0.29, 0.717) is 24.4 Å². The van der Waals surface area contributed by atoms with Crippen molar-refractivity contribution in [2.75, 3.05) is 46.9 Å². The van der Waals surface area contributed by atoms with Gasteiger partial charge in [0.05, 0.1) is 13.7 Å². The highest BCUT2D eigenvalue weighted by Gasteiger charge is 2.32.